The molecule has 136 valence electrons. The molecule has 0 radical (unpaired) electrons. The Kier molecular flexibility index (Phi) is 6.21. The Morgan fingerprint density at radius 3 is 2.36 bits per heavy atom. The minimum Gasteiger partial charge on any atom is -0.598 e. The number of nitrogens with one attached hydrogen (secondary N) is 1. The van der Waals surface area contributed by atoms with Crippen LogP contribution in [0.25, 0.3) is 0 Å². The summed E-state index contributed by atoms with van der Waals surface area (Å²) in [5.41, 5.74) is 0.708. The van der Waals surface area contributed by atoms with Gasteiger partial charge in [-0.05, 0) is 45.4 Å². The fourth-order valence-corrected chi connectivity index (χ4v) is 3.51. The Hall–Kier alpha value is -1.47. The summed E-state index contributed by atoms with van der Waals surface area (Å²) in [7, 11) is 0. The molecule has 0 bridgehead atoms. The molecule has 1 unspecified atom stereocenters. The zero-order valence-corrected chi connectivity index (χ0v) is 15.9. The van der Waals surface area contributed by atoms with E-state index >= 15 is 0 Å². The van der Waals surface area contributed by atoms with Gasteiger partial charge in [-0.25, -0.2) is 4.39 Å². The molecule has 0 aliphatic heterocycles. The first-order valence-corrected chi connectivity index (χ1v) is 9.34. The van der Waals surface area contributed by atoms with Crippen LogP contribution in [0.4, 0.5) is 4.39 Å². The number of hydrogen-bond donors (Lipinski definition) is 2. The fourth-order valence-electron chi connectivity index (χ4n) is 2.57. The summed E-state index contributed by atoms with van der Waals surface area (Å²) in [6.45, 7) is 7.26. The first-order chi connectivity index (χ1) is 11.7. The van der Waals surface area contributed by atoms with Gasteiger partial charge in [-0.1, -0.05) is 29.8 Å². The summed E-state index contributed by atoms with van der Waals surface area (Å²) in [4.78, 5) is 4.22. The van der Waals surface area contributed by atoms with Gasteiger partial charge in [-0.2, -0.15) is 0 Å². The van der Waals surface area contributed by atoms with Crippen LogP contribution in [0.3, 0.4) is 0 Å². The lowest BCUT2D eigenvalue weighted by molar-refractivity contribution is 0.241. The Balaban J connectivity index is 2.66. The summed E-state index contributed by atoms with van der Waals surface area (Å²) in [6, 6.07) is 10.4. The molecule has 0 aliphatic rings. The van der Waals surface area contributed by atoms with E-state index in [9.17, 15) is 14.0 Å². The van der Waals surface area contributed by atoms with Crippen LogP contribution >= 0.6 is 0 Å². The second-order valence-electron chi connectivity index (χ2n) is 7.06. The van der Waals surface area contributed by atoms with Gasteiger partial charge in [-0.3, -0.25) is 4.98 Å². The Morgan fingerprint density at radius 2 is 1.84 bits per heavy atom. The third kappa shape index (κ3) is 4.39. The highest BCUT2D eigenvalue weighted by molar-refractivity contribution is 7.90. The van der Waals surface area contributed by atoms with E-state index in [-0.39, 0.29) is 18.7 Å². The number of pyridine rings is 1. The van der Waals surface area contributed by atoms with Crippen LogP contribution in [0.2, 0.25) is 0 Å². The molecule has 0 saturated heterocycles. The van der Waals surface area contributed by atoms with Crippen molar-refractivity contribution in [1.82, 2.24) is 9.71 Å². The number of nitrogens with zero attached hydrogens (tertiary/aromatic N) is 1. The van der Waals surface area contributed by atoms with Crippen LogP contribution in [0.5, 0.6) is 0 Å². The molecule has 2 rings (SSSR count). The molecule has 1 aromatic carbocycles. The Bertz CT molecular complexity index is 703. The number of hydrogen-bond acceptors (Lipinski definition) is 4. The van der Waals surface area contributed by atoms with Crippen LogP contribution in [0.15, 0.2) is 42.6 Å². The summed E-state index contributed by atoms with van der Waals surface area (Å²) in [5.74, 6) is -0.505. The molecule has 0 saturated carbocycles. The smallest absolute Gasteiger partial charge is 0.147 e. The van der Waals surface area contributed by atoms with Crippen LogP contribution in [0, 0.1) is 12.7 Å². The molecule has 2 N–H and O–H groups in total. The SMILES string of the molecule is Cc1ccc([C@](CCO)(N[S+]([O-])C(C)(C)C)c2ncccc2F)cc1. The van der Waals surface area contributed by atoms with Crippen molar-refractivity contribution in [1.29, 1.82) is 0 Å². The van der Waals surface area contributed by atoms with Crippen LogP contribution in [0.1, 0.15) is 44.0 Å². The Labute approximate surface area is 151 Å². The van der Waals surface area contributed by atoms with Gasteiger partial charge in [0.05, 0.1) is 0 Å². The van der Waals surface area contributed by atoms with Crippen molar-refractivity contribution in [2.24, 2.45) is 0 Å². The number of aliphatic hydroxyl groups is 1. The third-order valence-electron chi connectivity index (χ3n) is 4.02. The van der Waals surface area contributed by atoms with Gasteiger partial charge in [0.1, 0.15) is 21.8 Å². The summed E-state index contributed by atoms with van der Waals surface area (Å²) in [6.07, 6.45) is 1.65. The van der Waals surface area contributed by atoms with E-state index in [2.05, 4.69) is 9.71 Å². The normalized spacial score (nSPS) is 15.6. The highest BCUT2D eigenvalue weighted by Gasteiger charge is 2.44. The van der Waals surface area contributed by atoms with E-state index in [1.165, 1.54) is 18.3 Å². The van der Waals surface area contributed by atoms with Crippen molar-refractivity contribution in [3.05, 3.63) is 65.2 Å². The average molecular weight is 364 g/mol. The van der Waals surface area contributed by atoms with E-state index in [0.29, 0.717) is 5.56 Å². The maximum Gasteiger partial charge on any atom is 0.147 e. The van der Waals surface area contributed by atoms with Crippen LogP contribution in [-0.2, 0) is 16.9 Å². The molecular weight excluding hydrogens is 339 g/mol. The standard InChI is InChI=1S/C19H25FN2O2S/c1-14-7-9-15(10-8-14)19(11-13-23,22-25(24)18(2,3)4)17-16(20)6-5-12-21-17/h5-10,12,22-23H,11,13H2,1-4H3/t19-,25?/m0/s1. The number of benzene rings is 1. The molecule has 2 aromatic rings. The molecular formula is C19H25FN2O2S. The van der Waals surface area contributed by atoms with Crippen LogP contribution in [-0.4, -0.2) is 26.0 Å². The van der Waals surface area contributed by atoms with Gasteiger partial charge in [0.15, 0.2) is 0 Å². The lowest BCUT2D eigenvalue weighted by atomic mass is 9.83. The summed E-state index contributed by atoms with van der Waals surface area (Å²) < 4.78 is 30.0. The zero-order valence-electron chi connectivity index (χ0n) is 15.0. The quantitative estimate of drug-likeness (QED) is 0.773. The van der Waals surface area contributed by atoms with Crippen molar-refractivity contribution in [2.45, 2.75) is 44.4 Å². The summed E-state index contributed by atoms with van der Waals surface area (Å²) in [5, 5.41) is 9.70. The lowest BCUT2D eigenvalue weighted by Gasteiger charge is -2.37. The van der Waals surface area contributed by atoms with Crippen molar-refractivity contribution >= 4 is 11.4 Å². The predicted molar refractivity (Wildman–Crippen MR) is 98.9 cm³/mol. The second kappa shape index (κ2) is 7.83. The number of aromatic nitrogens is 1. The van der Waals surface area contributed by atoms with Crippen molar-refractivity contribution in [3.8, 4) is 0 Å². The van der Waals surface area contributed by atoms with E-state index in [1.807, 2.05) is 52.0 Å². The highest BCUT2D eigenvalue weighted by atomic mass is 32.2. The van der Waals surface area contributed by atoms with Gasteiger partial charge in [0.2, 0.25) is 0 Å². The maximum absolute atomic E-state index is 14.6. The number of aryl methyl sites for hydroxylation is 1. The largest absolute Gasteiger partial charge is 0.598 e. The number of halogens is 1. The van der Waals surface area contributed by atoms with Gasteiger partial charge in [0, 0.05) is 30.6 Å². The molecule has 1 aromatic heterocycles. The van der Waals surface area contributed by atoms with Gasteiger partial charge < -0.3 is 9.66 Å². The van der Waals surface area contributed by atoms with Gasteiger partial charge in [0.25, 0.3) is 0 Å². The molecule has 0 aliphatic carbocycles. The van der Waals surface area contributed by atoms with Gasteiger partial charge >= 0.3 is 0 Å². The first-order valence-electron chi connectivity index (χ1n) is 8.19. The van der Waals surface area contributed by atoms with E-state index < -0.39 is 27.5 Å². The molecule has 0 amide bonds. The number of aliphatic hydroxyl groups excluding tert-OH is 1. The fraction of sp³-hybridized carbons (Fsp3) is 0.421. The van der Waals surface area contributed by atoms with Gasteiger partial charge in [-0.15, -0.1) is 4.72 Å². The Morgan fingerprint density at radius 1 is 1.20 bits per heavy atom. The monoisotopic (exact) mass is 364 g/mol. The van der Waals surface area contributed by atoms with E-state index in [0.717, 1.165) is 5.56 Å². The molecule has 25 heavy (non-hydrogen) atoms. The molecule has 6 heteroatoms. The molecule has 0 spiro atoms. The zero-order chi connectivity index (χ0) is 18.7. The number of rotatable bonds is 6. The molecule has 1 heterocycles. The topological polar surface area (TPSA) is 68.2 Å². The average Bonchev–Trinajstić information content (AvgIpc) is 2.54. The molecule has 0 fully saturated rings. The molecule has 2 atom stereocenters. The predicted octanol–water partition coefficient (Wildman–Crippen LogP) is 3.21. The van der Waals surface area contributed by atoms with E-state index in [4.69, 9.17) is 0 Å². The second-order valence-corrected chi connectivity index (χ2v) is 9.03. The first kappa shape index (κ1) is 19.8. The van der Waals surface area contributed by atoms with Crippen molar-refractivity contribution in [3.63, 3.8) is 0 Å². The minimum atomic E-state index is -1.49. The summed E-state index contributed by atoms with van der Waals surface area (Å²) >= 11 is -1.49. The lowest BCUT2D eigenvalue weighted by Crippen LogP contribution is -2.53. The maximum atomic E-state index is 14.6. The van der Waals surface area contributed by atoms with Crippen molar-refractivity contribution in [2.75, 3.05) is 6.61 Å². The molecule has 4 nitrogen and oxygen atoms in total. The van der Waals surface area contributed by atoms with Crippen LogP contribution < -0.4 is 4.72 Å². The minimum absolute atomic E-state index is 0.130. The van der Waals surface area contributed by atoms with E-state index in [1.54, 1.807) is 0 Å². The third-order valence-corrected chi connectivity index (χ3v) is 5.66. The highest BCUT2D eigenvalue weighted by Crippen LogP contribution is 2.35. The van der Waals surface area contributed by atoms with Crippen molar-refractivity contribution < 1.29 is 14.0 Å².